The normalized spacial score (nSPS) is 13.6. The first-order chi connectivity index (χ1) is 45.5. The number of aliphatic hydroxyl groups is 2. The Kier molecular flexibility index (Phi) is 34.6. The van der Waals surface area contributed by atoms with Crippen LogP contribution in [-0.2, 0) is 75.2 Å². The van der Waals surface area contributed by atoms with Crippen LogP contribution in [0.1, 0.15) is 88.5 Å². The van der Waals surface area contributed by atoms with Crippen molar-refractivity contribution >= 4 is 117 Å². The molecule has 3 aromatic rings. The molecule has 0 bridgehead atoms. The number of nitriles is 2. The average Bonchev–Trinajstić information content (AvgIpc) is 0.793. The van der Waals surface area contributed by atoms with Crippen molar-refractivity contribution < 1.29 is 82.8 Å². The van der Waals surface area contributed by atoms with Gasteiger partial charge in [0.1, 0.15) is 66.5 Å². The van der Waals surface area contributed by atoms with Gasteiger partial charge in [-0.3, -0.25) is 57.5 Å². The molecule has 0 radical (unpaired) electrons. The number of benzene rings is 3. The van der Waals surface area contributed by atoms with Gasteiger partial charge in [0.25, 0.3) is 0 Å². The zero-order valence-electron chi connectivity index (χ0n) is 52.6. The zero-order chi connectivity index (χ0) is 71.8. The molecule has 0 heterocycles. The van der Waals surface area contributed by atoms with Gasteiger partial charge in [-0.05, 0) is 63.0 Å². The van der Waals surface area contributed by atoms with Crippen molar-refractivity contribution in [2.24, 2.45) is 11.7 Å². The minimum absolute atomic E-state index is 0.0173. The topological polar surface area (TPSA) is 521 Å². The van der Waals surface area contributed by atoms with Gasteiger partial charge in [0.15, 0.2) is 0 Å². The maximum Gasteiger partial charge on any atom is 0.326 e. The second-order valence-corrected chi connectivity index (χ2v) is 23.2. The zero-order valence-corrected chi connectivity index (χ0v) is 54.9. The molecule has 0 unspecified atom stereocenters. The molecule has 11 amide bonds. The molecule has 0 aromatic heterocycles. The lowest BCUT2D eigenvalue weighted by Crippen LogP contribution is -2.59. The summed E-state index contributed by atoms with van der Waals surface area (Å²) in [4.78, 5) is 170. The summed E-state index contributed by atoms with van der Waals surface area (Å²) in [5.74, 6) is -13.4. The fourth-order valence-corrected chi connectivity index (χ4v) is 9.75. The minimum Gasteiger partial charge on any atom is -0.481 e. The molecule has 0 saturated carbocycles. The lowest BCUT2D eigenvalue weighted by molar-refractivity contribution is -0.143. The standard InChI is InChI=1S/C61H78Cl3N15O17/c1-31(2)21-40(77-53(87)33(4)72-59(93)43(29-80)75-45(82)26-67)55(89)69-27-46(83)73-38(17-11-12-20-68-52-37(25-66)49(62)36(24-65)50(63)51(52)64)57(91)71-32(3)54(88)78-41(22-34-13-7-5-8-14-34)56(90)70-28-47(84)74-42(23-35-15-9-6-10-16-35)58(92)79-44(30-81)60(94)76-39(61(95)96)18-19-48(85)86/h5-10,13-16,31-33,38-44,68,80-81H,11-12,17-23,26-30,67H2,1-4H3,(H,69,89)(H,70,90)(H,71,91)(H,72,93)(H,73,83)(H,74,84)(H,75,82)(H,76,94)(H,77,87)(H,78,88)(H,79,92)(H,85,86)(H,95,96)/t32-,33-,38-,39-,40-,41-,42-,43-,44-/m0/s1. The largest absolute Gasteiger partial charge is 0.481 e. The van der Waals surface area contributed by atoms with Crippen molar-refractivity contribution in [3.8, 4) is 12.1 Å². The third-order valence-electron chi connectivity index (χ3n) is 14.1. The van der Waals surface area contributed by atoms with Crippen LogP contribution in [0.2, 0.25) is 15.1 Å². The molecule has 0 spiro atoms. The molecule has 3 aromatic carbocycles. The average molecular weight is 1400 g/mol. The molecule has 0 saturated heterocycles. The van der Waals surface area contributed by atoms with E-state index in [1.54, 1.807) is 80.6 Å². The van der Waals surface area contributed by atoms with Gasteiger partial charge in [0.2, 0.25) is 65.0 Å². The third kappa shape index (κ3) is 27.0. The summed E-state index contributed by atoms with van der Waals surface area (Å²) in [6, 6.07) is 6.75. The van der Waals surface area contributed by atoms with Crippen molar-refractivity contribution in [1.82, 2.24) is 58.5 Å². The van der Waals surface area contributed by atoms with Crippen LogP contribution in [0.3, 0.4) is 0 Å². The van der Waals surface area contributed by atoms with Crippen molar-refractivity contribution in [2.75, 3.05) is 44.7 Å². The number of carbonyl (C=O) groups is 13. The lowest BCUT2D eigenvalue weighted by atomic mass is 10.0. The molecule has 0 fully saturated rings. The molecular weight excluding hydrogens is 1320 g/mol. The van der Waals surface area contributed by atoms with E-state index in [2.05, 4.69) is 63.8 Å². The summed E-state index contributed by atoms with van der Waals surface area (Å²) in [6.45, 7) is 2.14. The van der Waals surface area contributed by atoms with Gasteiger partial charge in [-0.2, -0.15) is 10.5 Å². The number of aliphatic carboxylic acids is 2. The van der Waals surface area contributed by atoms with Crippen LogP contribution in [0.15, 0.2) is 60.7 Å². The van der Waals surface area contributed by atoms with E-state index >= 15 is 0 Å². The Bertz CT molecular complexity index is 3360. The Morgan fingerprint density at radius 1 is 0.479 bits per heavy atom. The molecular formula is C61H78Cl3N15O17. The number of anilines is 1. The van der Waals surface area contributed by atoms with E-state index in [0.717, 1.165) is 0 Å². The van der Waals surface area contributed by atoms with Gasteiger partial charge in [-0.25, -0.2) is 4.79 Å². The Morgan fingerprint density at radius 2 is 0.906 bits per heavy atom. The number of carbonyl (C=O) groups excluding carboxylic acids is 11. The molecule has 0 aliphatic carbocycles. The molecule has 35 heteroatoms. The highest BCUT2D eigenvalue weighted by Crippen LogP contribution is 2.41. The Morgan fingerprint density at radius 3 is 1.39 bits per heavy atom. The molecule has 0 aliphatic heterocycles. The van der Waals surface area contributed by atoms with Gasteiger partial charge >= 0.3 is 11.9 Å². The highest BCUT2D eigenvalue weighted by Gasteiger charge is 2.33. The SMILES string of the molecule is CC(C)C[C@H](NC(=O)[C@H](C)NC(=O)[C@H](CO)NC(=O)CN)C(=O)NCC(=O)N[C@@H](CCCCNc1c(Cl)c(Cl)c(C#N)c(Cl)c1C#N)C(=O)N[C@@H](C)C(=O)N[C@@H](Cc1ccccc1)C(=O)NCC(=O)N[C@@H](Cc1ccccc1)C(=O)N[C@@H](CO)C(=O)N[C@@H](CCC(=O)O)C(=O)O. The van der Waals surface area contributed by atoms with E-state index < -0.39 is 177 Å². The highest BCUT2D eigenvalue weighted by molar-refractivity contribution is 6.46. The van der Waals surface area contributed by atoms with E-state index in [9.17, 15) is 88.2 Å². The van der Waals surface area contributed by atoms with E-state index in [-0.39, 0.29) is 82.9 Å². The fourth-order valence-electron chi connectivity index (χ4n) is 8.94. The first-order valence-electron chi connectivity index (χ1n) is 29.9. The molecule has 9 atom stereocenters. The van der Waals surface area contributed by atoms with E-state index in [1.165, 1.54) is 13.8 Å². The smallest absolute Gasteiger partial charge is 0.326 e. The molecule has 32 nitrogen and oxygen atoms in total. The number of aliphatic hydroxyl groups excluding tert-OH is 2. The lowest BCUT2D eigenvalue weighted by Gasteiger charge is -2.25. The number of amides is 11. The second kappa shape index (κ2) is 41.2. The Labute approximate surface area is 566 Å². The van der Waals surface area contributed by atoms with E-state index in [1.807, 2.05) is 6.07 Å². The van der Waals surface area contributed by atoms with Gasteiger partial charge in [0.05, 0.1) is 64.7 Å². The first-order valence-corrected chi connectivity index (χ1v) is 31.1. The number of nitrogens with two attached hydrogens (primary N) is 1. The number of carboxylic acids is 2. The number of unbranched alkanes of at least 4 members (excludes halogenated alkanes) is 1. The van der Waals surface area contributed by atoms with Crippen molar-refractivity contribution in [3.63, 3.8) is 0 Å². The summed E-state index contributed by atoms with van der Waals surface area (Å²) >= 11 is 19.0. The van der Waals surface area contributed by atoms with Crippen LogP contribution in [0.5, 0.6) is 0 Å². The molecule has 18 N–H and O–H groups in total. The van der Waals surface area contributed by atoms with Gasteiger partial charge in [0, 0.05) is 25.8 Å². The van der Waals surface area contributed by atoms with E-state index in [0.29, 0.717) is 11.1 Å². The number of halogens is 3. The maximum atomic E-state index is 14.2. The Balaban J connectivity index is 1.84. The molecule has 0 aliphatic rings. The summed E-state index contributed by atoms with van der Waals surface area (Å²) in [7, 11) is 0. The molecule has 3 rings (SSSR count). The van der Waals surface area contributed by atoms with Crippen LogP contribution < -0.4 is 69.5 Å². The number of rotatable bonds is 40. The third-order valence-corrected chi connectivity index (χ3v) is 15.3. The van der Waals surface area contributed by atoms with Crippen LogP contribution in [0.4, 0.5) is 5.69 Å². The minimum atomic E-state index is -1.77. The monoisotopic (exact) mass is 1400 g/mol. The van der Waals surface area contributed by atoms with Crippen LogP contribution in [-0.4, -0.2) is 191 Å². The number of hydrogen-bond donors (Lipinski definition) is 17. The highest BCUT2D eigenvalue weighted by atomic mass is 35.5. The van der Waals surface area contributed by atoms with Crippen LogP contribution in [0.25, 0.3) is 0 Å². The predicted octanol–water partition coefficient (Wildman–Crippen LogP) is -1.97. The summed E-state index contributed by atoms with van der Waals surface area (Å²) in [5.41, 5.74) is 5.93. The number of nitrogens with one attached hydrogen (secondary N) is 12. The van der Waals surface area contributed by atoms with E-state index in [4.69, 9.17) is 45.6 Å². The van der Waals surface area contributed by atoms with Crippen LogP contribution in [0, 0.1) is 28.6 Å². The van der Waals surface area contributed by atoms with Crippen molar-refractivity contribution in [1.29, 1.82) is 10.5 Å². The van der Waals surface area contributed by atoms with Crippen LogP contribution >= 0.6 is 34.8 Å². The van der Waals surface area contributed by atoms with Gasteiger partial charge < -0.3 is 90.0 Å². The number of hydrogen-bond acceptors (Lipinski definition) is 19. The first kappa shape index (κ1) is 80.5. The van der Waals surface area contributed by atoms with Gasteiger partial charge in [-0.1, -0.05) is 109 Å². The van der Waals surface area contributed by atoms with Gasteiger partial charge in [-0.15, -0.1) is 0 Å². The fraction of sp³-hybridized carbons (Fsp3) is 0.459. The molecule has 520 valence electrons. The summed E-state index contributed by atoms with van der Waals surface area (Å²) in [5, 5.41) is 86.2. The second-order valence-electron chi connectivity index (χ2n) is 22.1. The van der Waals surface area contributed by atoms with Crippen molar-refractivity contribution in [2.45, 2.75) is 133 Å². The predicted molar refractivity (Wildman–Crippen MR) is 345 cm³/mol. The summed E-state index contributed by atoms with van der Waals surface area (Å²) in [6.07, 6.45) is -1.33. The maximum absolute atomic E-state index is 14.2. The molecule has 96 heavy (non-hydrogen) atoms. The number of carboxylic acid groups (broad SMARTS) is 2. The quantitative estimate of drug-likeness (QED) is 0.0217. The Hall–Kier alpha value is -9.70. The summed E-state index contributed by atoms with van der Waals surface area (Å²) < 4.78 is 0. The number of nitrogens with zero attached hydrogens (tertiary/aromatic N) is 2. The van der Waals surface area contributed by atoms with Crippen molar-refractivity contribution in [3.05, 3.63) is 98.0 Å².